The first-order chi connectivity index (χ1) is 8.61. The van der Waals surface area contributed by atoms with Gasteiger partial charge in [-0.25, -0.2) is 0 Å². The van der Waals surface area contributed by atoms with Gasteiger partial charge in [-0.2, -0.15) is 0 Å². The van der Waals surface area contributed by atoms with Crippen LogP contribution in [0.3, 0.4) is 0 Å². The highest BCUT2D eigenvalue weighted by molar-refractivity contribution is 5.79. The van der Waals surface area contributed by atoms with Crippen LogP contribution in [0.25, 0.3) is 0 Å². The Morgan fingerprint density at radius 1 is 1.22 bits per heavy atom. The van der Waals surface area contributed by atoms with E-state index in [-0.39, 0.29) is 12.0 Å². The molecule has 0 spiro atoms. The van der Waals surface area contributed by atoms with Gasteiger partial charge in [0.1, 0.15) is 0 Å². The number of aliphatic hydroxyl groups is 1. The van der Waals surface area contributed by atoms with Crippen LogP contribution >= 0.6 is 0 Å². The number of carbonyl (C=O) groups is 1. The lowest BCUT2D eigenvalue weighted by Gasteiger charge is -2.37. The number of rotatable bonds is 2. The Kier molecular flexibility index (Phi) is 4.66. The van der Waals surface area contributed by atoms with E-state index in [4.69, 9.17) is 0 Å². The average molecular weight is 253 g/mol. The molecule has 0 unspecified atom stereocenters. The molecule has 0 radical (unpaired) electrons. The van der Waals surface area contributed by atoms with Crippen LogP contribution in [0.2, 0.25) is 0 Å². The molecule has 2 aliphatic rings. The van der Waals surface area contributed by atoms with E-state index in [9.17, 15) is 9.90 Å². The van der Waals surface area contributed by atoms with Crippen molar-refractivity contribution in [2.24, 2.45) is 17.8 Å². The van der Waals surface area contributed by atoms with Crippen molar-refractivity contribution >= 4 is 5.91 Å². The summed E-state index contributed by atoms with van der Waals surface area (Å²) in [5.41, 5.74) is 0. The Bertz CT molecular complexity index is 284. The van der Waals surface area contributed by atoms with Crippen LogP contribution in [-0.2, 0) is 4.79 Å². The molecule has 0 aromatic carbocycles. The highest BCUT2D eigenvalue weighted by atomic mass is 16.3. The highest BCUT2D eigenvalue weighted by Gasteiger charge is 2.33. The molecular formula is C15H27NO2. The predicted molar refractivity (Wildman–Crippen MR) is 72.1 cm³/mol. The standard InChI is InChI=1S/C15H27NO2/c1-3-12-4-6-13(7-5-12)15(18)16-9-8-11(2)14(17)10-16/h11-14,17H,3-10H2,1-2H3/t11-,12?,13?,14+/m0/s1. The zero-order valence-corrected chi connectivity index (χ0v) is 11.8. The maximum atomic E-state index is 12.4. The van der Waals surface area contributed by atoms with Gasteiger partial charge >= 0.3 is 0 Å². The number of likely N-dealkylation sites (tertiary alicyclic amines) is 1. The van der Waals surface area contributed by atoms with Crippen LogP contribution in [0, 0.1) is 17.8 Å². The van der Waals surface area contributed by atoms with Crippen LogP contribution in [0.5, 0.6) is 0 Å². The van der Waals surface area contributed by atoms with Gasteiger partial charge in [-0.3, -0.25) is 4.79 Å². The third kappa shape index (κ3) is 3.05. The molecule has 1 saturated carbocycles. The summed E-state index contributed by atoms with van der Waals surface area (Å²) in [6.45, 7) is 5.70. The molecule has 2 rings (SSSR count). The van der Waals surface area contributed by atoms with E-state index in [0.717, 1.165) is 31.7 Å². The first kappa shape index (κ1) is 13.9. The van der Waals surface area contributed by atoms with Crippen molar-refractivity contribution in [1.29, 1.82) is 0 Å². The molecule has 1 N–H and O–H groups in total. The van der Waals surface area contributed by atoms with Gasteiger partial charge < -0.3 is 10.0 Å². The minimum absolute atomic E-state index is 0.230. The fourth-order valence-corrected chi connectivity index (χ4v) is 3.32. The molecule has 18 heavy (non-hydrogen) atoms. The molecule has 0 bridgehead atoms. The largest absolute Gasteiger partial charge is 0.391 e. The monoisotopic (exact) mass is 253 g/mol. The molecule has 104 valence electrons. The van der Waals surface area contributed by atoms with Gasteiger partial charge in [-0.1, -0.05) is 20.3 Å². The van der Waals surface area contributed by atoms with E-state index >= 15 is 0 Å². The summed E-state index contributed by atoms with van der Waals surface area (Å²) >= 11 is 0. The third-order valence-electron chi connectivity index (χ3n) is 5.00. The van der Waals surface area contributed by atoms with Crippen molar-refractivity contribution in [1.82, 2.24) is 4.90 Å². The van der Waals surface area contributed by atoms with Crippen molar-refractivity contribution in [3.63, 3.8) is 0 Å². The van der Waals surface area contributed by atoms with Crippen LogP contribution in [0.1, 0.15) is 52.4 Å². The Balaban J connectivity index is 1.84. The molecule has 1 saturated heterocycles. The second-order valence-corrected chi connectivity index (χ2v) is 6.24. The Morgan fingerprint density at radius 3 is 2.44 bits per heavy atom. The van der Waals surface area contributed by atoms with Gasteiger partial charge in [0, 0.05) is 19.0 Å². The lowest BCUT2D eigenvalue weighted by Crippen LogP contribution is -2.48. The summed E-state index contributed by atoms with van der Waals surface area (Å²) in [7, 11) is 0. The molecule has 0 aromatic rings. The fourth-order valence-electron chi connectivity index (χ4n) is 3.32. The van der Waals surface area contributed by atoms with Gasteiger partial charge in [0.2, 0.25) is 5.91 Å². The van der Waals surface area contributed by atoms with Crippen molar-refractivity contribution in [2.45, 2.75) is 58.5 Å². The maximum Gasteiger partial charge on any atom is 0.225 e. The average Bonchev–Trinajstić information content (AvgIpc) is 2.41. The highest BCUT2D eigenvalue weighted by Crippen LogP contribution is 2.32. The van der Waals surface area contributed by atoms with E-state index < -0.39 is 0 Å². The van der Waals surface area contributed by atoms with Crippen LogP contribution in [0.4, 0.5) is 0 Å². The second kappa shape index (κ2) is 6.05. The number of piperidine rings is 1. The molecule has 1 amide bonds. The summed E-state index contributed by atoms with van der Waals surface area (Å²) in [6.07, 6.45) is 6.39. The quantitative estimate of drug-likeness (QED) is 0.821. The second-order valence-electron chi connectivity index (χ2n) is 6.24. The van der Waals surface area contributed by atoms with E-state index in [2.05, 4.69) is 13.8 Å². The van der Waals surface area contributed by atoms with Crippen LogP contribution in [0.15, 0.2) is 0 Å². The van der Waals surface area contributed by atoms with Crippen molar-refractivity contribution < 1.29 is 9.90 Å². The molecule has 1 aliphatic heterocycles. The van der Waals surface area contributed by atoms with Gasteiger partial charge in [-0.15, -0.1) is 0 Å². The van der Waals surface area contributed by atoms with E-state index in [1.807, 2.05) is 4.90 Å². The van der Waals surface area contributed by atoms with Gasteiger partial charge in [-0.05, 0) is 43.9 Å². The summed E-state index contributed by atoms with van der Waals surface area (Å²) in [5, 5.41) is 9.88. The molecule has 0 aromatic heterocycles. The van der Waals surface area contributed by atoms with Crippen molar-refractivity contribution in [3.05, 3.63) is 0 Å². The molecule has 2 atom stereocenters. The number of aliphatic hydroxyl groups excluding tert-OH is 1. The Hall–Kier alpha value is -0.570. The molecule has 3 heteroatoms. The normalized spacial score (nSPS) is 37.6. The first-order valence-corrected chi connectivity index (χ1v) is 7.58. The van der Waals surface area contributed by atoms with Crippen LogP contribution < -0.4 is 0 Å². The van der Waals surface area contributed by atoms with Crippen LogP contribution in [-0.4, -0.2) is 35.1 Å². The first-order valence-electron chi connectivity index (χ1n) is 7.58. The number of hydrogen-bond acceptors (Lipinski definition) is 2. The Labute approximate surface area is 111 Å². The third-order valence-corrected chi connectivity index (χ3v) is 5.00. The summed E-state index contributed by atoms with van der Waals surface area (Å²) < 4.78 is 0. The molecule has 1 heterocycles. The molecule has 3 nitrogen and oxygen atoms in total. The zero-order valence-electron chi connectivity index (χ0n) is 11.8. The van der Waals surface area contributed by atoms with Crippen molar-refractivity contribution in [3.8, 4) is 0 Å². The van der Waals surface area contributed by atoms with E-state index in [1.165, 1.54) is 19.3 Å². The molecule has 2 fully saturated rings. The van der Waals surface area contributed by atoms with E-state index in [0.29, 0.717) is 18.4 Å². The summed E-state index contributed by atoms with van der Waals surface area (Å²) in [5.74, 6) is 1.70. The van der Waals surface area contributed by atoms with Gasteiger partial charge in [0.25, 0.3) is 0 Å². The SMILES string of the molecule is CCC1CCC(C(=O)N2CC[C@H](C)[C@H](O)C2)CC1. The van der Waals surface area contributed by atoms with Gasteiger partial charge in [0.05, 0.1) is 6.10 Å². The Morgan fingerprint density at radius 2 is 1.89 bits per heavy atom. The van der Waals surface area contributed by atoms with E-state index in [1.54, 1.807) is 0 Å². The predicted octanol–water partition coefficient (Wildman–Crippen LogP) is 2.43. The van der Waals surface area contributed by atoms with Crippen molar-refractivity contribution in [2.75, 3.05) is 13.1 Å². The molecule has 1 aliphatic carbocycles. The maximum absolute atomic E-state index is 12.4. The summed E-state index contributed by atoms with van der Waals surface area (Å²) in [4.78, 5) is 14.3. The smallest absolute Gasteiger partial charge is 0.225 e. The number of hydrogen-bond donors (Lipinski definition) is 1. The lowest BCUT2D eigenvalue weighted by molar-refractivity contribution is -0.141. The lowest BCUT2D eigenvalue weighted by atomic mass is 9.80. The minimum atomic E-state index is -0.324. The number of nitrogens with zero attached hydrogens (tertiary/aromatic N) is 1. The number of β-amino-alcohol motifs (C(OH)–C–C–N with tert-alkyl or cyclic N) is 1. The van der Waals surface area contributed by atoms with Gasteiger partial charge in [0.15, 0.2) is 0 Å². The fraction of sp³-hybridized carbons (Fsp3) is 0.933. The number of amides is 1. The minimum Gasteiger partial charge on any atom is -0.391 e. The topological polar surface area (TPSA) is 40.5 Å². The zero-order chi connectivity index (χ0) is 13.1. The summed E-state index contributed by atoms with van der Waals surface area (Å²) in [6, 6.07) is 0. The number of carbonyl (C=O) groups excluding carboxylic acids is 1. The molecular weight excluding hydrogens is 226 g/mol.